The Bertz CT molecular complexity index is 1360. The molecule has 2 amide bonds. The van der Waals surface area contributed by atoms with Crippen LogP contribution in [0.4, 0.5) is 10.1 Å². The normalized spacial score (nSPS) is 14.4. The highest BCUT2D eigenvalue weighted by atomic mass is 19.1. The fraction of sp³-hybridized carbons (Fsp3) is 0.296. The first-order chi connectivity index (χ1) is 18.0. The second kappa shape index (κ2) is 10.7. The van der Waals surface area contributed by atoms with Crippen molar-refractivity contribution in [2.45, 2.75) is 51.2 Å². The third-order valence-electron chi connectivity index (χ3n) is 6.44. The van der Waals surface area contributed by atoms with Crippen LogP contribution in [0.25, 0.3) is 11.4 Å². The van der Waals surface area contributed by atoms with E-state index in [4.69, 9.17) is 4.42 Å². The molecule has 9 nitrogen and oxygen atoms in total. The average Bonchev–Trinajstić information content (AvgIpc) is 3.67. The van der Waals surface area contributed by atoms with Crippen LogP contribution >= 0.6 is 0 Å². The van der Waals surface area contributed by atoms with Crippen LogP contribution in [0.2, 0.25) is 0 Å². The summed E-state index contributed by atoms with van der Waals surface area (Å²) in [5.74, 6) is -1.11. The molecular formula is C27H27FN6O3. The Morgan fingerprint density at radius 1 is 1.11 bits per heavy atom. The van der Waals surface area contributed by atoms with Crippen molar-refractivity contribution >= 4 is 17.5 Å². The van der Waals surface area contributed by atoms with Gasteiger partial charge < -0.3 is 9.73 Å². The van der Waals surface area contributed by atoms with E-state index in [-0.39, 0.29) is 24.0 Å². The van der Waals surface area contributed by atoms with Crippen molar-refractivity contribution in [3.8, 4) is 11.4 Å². The van der Waals surface area contributed by atoms with Crippen molar-refractivity contribution in [3.05, 3.63) is 84.1 Å². The fourth-order valence-corrected chi connectivity index (χ4v) is 4.56. The lowest BCUT2D eigenvalue weighted by molar-refractivity contribution is -0.128. The van der Waals surface area contributed by atoms with Gasteiger partial charge in [0.1, 0.15) is 18.1 Å². The summed E-state index contributed by atoms with van der Waals surface area (Å²) in [7, 11) is 0. The lowest BCUT2D eigenvalue weighted by Gasteiger charge is -2.30. The number of carbonyl (C=O) groups excluding carboxylic acids is 2. The third-order valence-corrected chi connectivity index (χ3v) is 6.44. The minimum absolute atomic E-state index is 0.00316. The summed E-state index contributed by atoms with van der Waals surface area (Å²) in [6.45, 7) is 1.61. The van der Waals surface area contributed by atoms with E-state index in [1.165, 1.54) is 24.5 Å². The number of nitrogens with one attached hydrogen (secondary N) is 1. The summed E-state index contributed by atoms with van der Waals surface area (Å²) < 4.78 is 20.6. The largest absolute Gasteiger partial charge is 0.467 e. The number of rotatable bonds is 8. The molecular weight excluding hydrogens is 475 g/mol. The van der Waals surface area contributed by atoms with Gasteiger partial charge in [-0.3, -0.25) is 14.5 Å². The zero-order valence-electron chi connectivity index (χ0n) is 20.4. The van der Waals surface area contributed by atoms with E-state index in [1.54, 1.807) is 18.2 Å². The van der Waals surface area contributed by atoms with Crippen molar-refractivity contribution < 1.29 is 18.4 Å². The quantitative estimate of drug-likeness (QED) is 0.387. The molecule has 1 fully saturated rings. The molecule has 0 aliphatic heterocycles. The topological polar surface area (TPSA) is 106 Å². The van der Waals surface area contributed by atoms with Crippen molar-refractivity contribution in [2.24, 2.45) is 0 Å². The maximum atomic E-state index is 15.1. The van der Waals surface area contributed by atoms with E-state index in [1.807, 2.05) is 31.2 Å². The van der Waals surface area contributed by atoms with Gasteiger partial charge in [0.05, 0.1) is 12.0 Å². The minimum atomic E-state index is -1.22. The Kier molecular flexibility index (Phi) is 7.07. The zero-order chi connectivity index (χ0) is 25.8. The van der Waals surface area contributed by atoms with Gasteiger partial charge in [0.15, 0.2) is 6.04 Å². The lowest BCUT2D eigenvalue weighted by atomic mass is 10.1. The summed E-state index contributed by atoms with van der Waals surface area (Å²) in [6.07, 6.45) is 5.17. The Balaban J connectivity index is 1.48. The van der Waals surface area contributed by atoms with Gasteiger partial charge in [0.2, 0.25) is 5.82 Å². The molecule has 2 aromatic heterocycles. The van der Waals surface area contributed by atoms with E-state index >= 15 is 4.39 Å². The smallest absolute Gasteiger partial charge is 0.251 e. The van der Waals surface area contributed by atoms with Crippen LogP contribution < -0.4 is 10.2 Å². The Morgan fingerprint density at radius 3 is 2.57 bits per heavy atom. The molecule has 5 rings (SSSR count). The second-order valence-corrected chi connectivity index (χ2v) is 9.13. The molecule has 1 saturated carbocycles. The minimum Gasteiger partial charge on any atom is -0.467 e. The van der Waals surface area contributed by atoms with Crippen LogP contribution in [0.1, 0.15) is 43.0 Å². The number of anilines is 1. The Morgan fingerprint density at radius 2 is 1.86 bits per heavy atom. The highest BCUT2D eigenvalue weighted by molar-refractivity contribution is 6.01. The highest BCUT2D eigenvalue weighted by Crippen LogP contribution is 2.31. The predicted octanol–water partition coefficient (Wildman–Crippen LogP) is 4.21. The van der Waals surface area contributed by atoms with Crippen molar-refractivity contribution in [2.75, 3.05) is 4.90 Å². The monoisotopic (exact) mass is 502 g/mol. The number of aromatic nitrogens is 4. The number of aryl methyl sites for hydroxylation is 1. The molecule has 4 aromatic rings. The third kappa shape index (κ3) is 5.42. The summed E-state index contributed by atoms with van der Waals surface area (Å²) in [4.78, 5) is 29.6. The summed E-state index contributed by atoms with van der Waals surface area (Å²) in [5.41, 5.74) is 1.79. The average molecular weight is 503 g/mol. The van der Waals surface area contributed by atoms with Crippen molar-refractivity contribution in [1.82, 2.24) is 25.5 Å². The van der Waals surface area contributed by atoms with Gasteiger partial charge in [-0.15, -0.1) is 10.2 Å². The van der Waals surface area contributed by atoms with E-state index < -0.39 is 23.7 Å². The van der Waals surface area contributed by atoms with Crippen LogP contribution in [0.15, 0.2) is 71.3 Å². The molecule has 2 aromatic carbocycles. The summed E-state index contributed by atoms with van der Waals surface area (Å²) in [5, 5.41) is 15.4. The predicted molar refractivity (Wildman–Crippen MR) is 134 cm³/mol. The number of amides is 2. The first-order valence-corrected chi connectivity index (χ1v) is 12.2. The van der Waals surface area contributed by atoms with Crippen LogP contribution in [0.5, 0.6) is 0 Å². The SMILES string of the molecule is Cc1ccc(-c2nnn(CC(=O)N(c3ccccc3F)[C@@H](C(=O)NC3CCCC3)c3ccco3)n2)cc1. The number of halogens is 1. The van der Waals surface area contributed by atoms with Gasteiger partial charge in [-0.25, -0.2) is 4.39 Å². The number of hydrogen-bond donors (Lipinski definition) is 1. The van der Waals surface area contributed by atoms with Gasteiger partial charge in [0.25, 0.3) is 11.8 Å². The molecule has 0 bridgehead atoms. The molecule has 0 spiro atoms. The Hall–Kier alpha value is -4.34. The van der Waals surface area contributed by atoms with E-state index in [9.17, 15) is 9.59 Å². The van der Waals surface area contributed by atoms with Crippen molar-refractivity contribution in [3.63, 3.8) is 0 Å². The number of carbonyl (C=O) groups is 2. The van der Waals surface area contributed by atoms with Crippen LogP contribution in [-0.4, -0.2) is 38.1 Å². The summed E-state index contributed by atoms with van der Waals surface area (Å²) >= 11 is 0. The van der Waals surface area contributed by atoms with E-state index in [0.717, 1.165) is 46.5 Å². The summed E-state index contributed by atoms with van der Waals surface area (Å²) in [6, 6.07) is 15.4. The molecule has 2 heterocycles. The molecule has 1 atom stereocenters. The number of benzene rings is 2. The number of nitrogens with zero attached hydrogens (tertiary/aromatic N) is 5. The van der Waals surface area contributed by atoms with Crippen molar-refractivity contribution in [1.29, 1.82) is 0 Å². The zero-order valence-corrected chi connectivity index (χ0v) is 20.4. The lowest BCUT2D eigenvalue weighted by Crippen LogP contribution is -2.47. The standard InChI is InChI=1S/C27H27FN6O3/c1-18-12-14-19(15-13-18)26-30-32-33(31-26)17-24(35)34(22-10-5-4-9-21(22)28)25(23-11-6-16-37-23)27(36)29-20-7-2-3-8-20/h4-6,9-16,20,25H,2-3,7-8,17H2,1H3,(H,29,36)/t25-/m1/s1. The number of para-hydroxylation sites is 1. The molecule has 190 valence electrons. The van der Waals surface area contributed by atoms with Gasteiger partial charge in [-0.1, -0.05) is 54.8 Å². The van der Waals surface area contributed by atoms with Crippen LogP contribution in [0, 0.1) is 12.7 Å². The first-order valence-electron chi connectivity index (χ1n) is 12.2. The maximum Gasteiger partial charge on any atom is 0.251 e. The second-order valence-electron chi connectivity index (χ2n) is 9.13. The van der Waals surface area contributed by atoms with Crippen LogP contribution in [-0.2, 0) is 16.1 Å². The van der Waals surface area contributed by atoms with E-state index in [2.05, 4.69) is 20.7 Å². The van der Waals surface area contributed by atoms with Gasteiger partial charge in [0, 0.05) is 11.6 Å². The van der Waals surface area contributed by atoms with Crippen LogP contribution in [0.3, 0.4) is 0 Å². The highest BCUT2D eigenvalue weighted by Gasteiger charge is 2.37. The number of furan rings is 1. The Labute approximate surface area is 213 Å². The molecule has 10 heteroatoms. The molecule has 0 radical (unpaired) electrons. The molecule has 1 aliphatic rings. The van der Waals surface area contributed by atoms with E-state index in [0.29, 0.717) is 5.82 Å². The van der Waals surface area contributed by atoms with Gasteiger partial charge in [-0.05, 0) is 49.2 Å². The molecule has 1 N–H and O–H groups in total. The molecule has 0 saturated heterocycles. The first kappa shape index (κ1) is 24.4. The number of tetrazole rings is 1. The molecule has 37 heavy (non-hydrogen) atoms. The molecule has 1 aliphatic carbocycles. The number of hydrogen-bond acceptors (Lipinski definition) is 6. The van der Waals surface area contributed by atoms with Gasteiger partial charge >= 0.3 is 0 Å². The van der Waals surface area contributed by atoms with Gasteiger partial charge in [-0.2, -0.15) is 4.80 Å². The fourth-order valence-electron chi connectivity index (χ4n) is 4.56. The molecule has 0 unspecified atom stereocenters. The maximum absolute atomic E-state index is 15.1.